The number of nitrogens with one attached hydrogen (secondary N) is 1. The van der Waals surface area contributed by atoms with Gasteiger partial charge in [0.25, 0.3) is 11.6 Å². The van der Waals surface area contributed by atoms with Gasteiger partial charge in [0.05, 0.1) is 11.0 Å². The number of nitro benzene ring substituents is 1. The molecule has 0 radical (unpaired) electrons. The maximum Gasteiger partial charge on any atom is 0.326 e. The zero-order chi connectivity index (χ0) is 15.3. The second-order valence-electron chi connectivity index (χ2n) is 3.80. The number of nitro groups is 1. The van der Waals surface area contributed by atoms with E-state index in [1.807, 2.05) is 5.32 Å². The Morgan fingerprint density at radius 2 is 2.10 bits per heavy atom. The van der Waals surface area contributed by atoms with Gasteiger partial charge in [0, 0.05) is 13.0 Å². The number of aliphatic hydroxyl groups excluding tert-OH is 1. The Morgan fingerprint density at radius 1 is 1.45 bits per heavy atom. The van der Waals surface area contributed by atoms with Crippen LogP contribution in [-0.4, -0.2) is 39.7 Å². The summed E-state index contributed by atoms with van der Waals surface area (Å²) < 4.78 is 12.9. The zero-order valence-corrected chi connectivity index (χ0v) is 10.1. The molecule has 3 N–H and O–H groups in total. The van der Waals surface area contributed by atoms with Gasteiger partial charge in [-0.05, 0) is 12.1 Å². The number of carbonyl (C=O) groups is 2. The minimum absolute atomic E-state index is 0.254. The Hall–Kier alpha value is -2.55. The van der Waals surface area contributed by atoms with Crippen molar-refractivity contribution < 1.29 is 29.1 Å². The molecule has 1 rings (SSSR count). The first-order valence-electron chi connectivity index (χ1n) is 5.45. The van der Waals surface area contributed by atoms with Crippen LogP contribution in [0.15, 0.2) is 18.2 Å². The SMILES string of the molecule is O=C(N[C@@H](CCO)C(=O)O)c1ccc(F)cc1[N+](=O)[O-]. The van der Waals surface area contributed by atoms with Gasteiger partial charge in [0.15, 0.2) is 0 Å². The van der Waals surface area contributed by atoms with Crippen molar-refractivity contribution in [1.82, 2.24) is 5.32 Å². The number of hydrogen-bond donors (Lipinski definition) is 3. The second kappa shape index (κ2) is 6.57. The van der Waals surface area contributed by atoms with Crippen molar-refractivity contribution in [1.29, 1.82) is 0 Å². The fourth-order valence-electron chi connectivity index (χ4n) is 1.47. The molecule has 1 amide bonds. The lowest BCUT2D eigenvalue weighted by atomic mass is 10.1. The van der Waals surface area contributed by atoms with Crippen LogP contribution in [0.4, 0.5) is 10.1 Å². The van der Waals surface area contributed by atoms with Gasteiger partial charge >= 0.3 is 5.97 Å². The molecule has 0 aromatic heterocycles. The molecular weight excluding hydrogens is 275 g/mol. The summed E-state index contributed by atoms with van der Waals surface area (Å²) in [6, 6.07) is 0.915. The summed E-state index contributed by atoms with van der Waals surface area (Å²) in [7, 11) is 0. The number of carboxylic acids is 1. The number of rotatable bonds is 6. The van der Waals surface area contributed by atoms with Crippen LogP contribution < -0.4 is 5.32 Å². The van der Waals surface area contributed by atoms with Crippen LogP contribution in [0.25, 0.3) is 0 Å². The summed E-state index contributed by atoms with van der Waals surface area (Å²) >= 11 is 0. The van der Waals surface area contributed by atoms with Crippen molar-refractivity contribution in [3.05, 3.63) is 39.7 Å². The largest absolute Gasteiger partial charge is 0.480 e. The Balaban J connectivity index is 3.03. The minimum Gasteiger partial charge on any atom is -0.480 e. The van der Waals surface area contributed by atoms with Crippen molar-refractivity contribution in [2.45, 2.75) is 12.5 Å². The Labute approximate surface area is 112 Å². The maximum absolute atomic E-state index is 12.9. The standard InChI is InChI=1S/C11H11FN2O6/c12-6-1-2-7(9(5-6)14(19)20)10(16)13-8(3-4-15)11(17)18/h1-2,5,8,15H,3-4H2,(H,13,16)(H,17,18)/t8-/m0/s1. The maximum atomic E-state index is 12.9. The lowest BCUT2D eigenvalue weighted by Gasteiger charge is -2.13. The highest BCUT2D eigenvalue weighted by atomic mass is 19.1. The van der Waals surface area contributed by atoms with E-state index in [4.69, 9.17) is 10.2 Å². The van der Waals surface area contributed by atoms with Gasteiger partial charge in [0.2, 0.25) is 0 Å². The molecule has 0 aliphatic heterocycles. The molecule has 0 aliphatic carbocycles. The van der Waals surface area contributed by atoms with Crippen LogP contribution in [0.1, 0.15) is 16.8 Å². The molecule has 9 heteroatoms. The Morgan fingerprint density at radius 3 is 2.60 bits per heavy atom. The molecule has 0 unspecified atom stereocenters. The van der Waals surface area contributed by atoms with Gasteiger partial charge in [-0.1, -0.05) is 0 Å². The van der Waals surface area contributed by atoms with E-state index in [2.05, 4.69) is 0 Å². The molecule has 0 saturated heterocycles. The highest BCUT2D eigenvalue weighted by Gasteiger charge is 2.25. The third kappa shape index (κ3) is 3.72. The van der Waals surface area contributed by atoms with Gasteiger partial charge in [-0.15, -0.1) is 0 Å². The number of nitrogens with zero attached hydrogens (tertiary/aromatic N) is 1. The number of hydrogen-bond acceptors (Lipinski definition) is 5. The predicted molar refractivity (Wildman–Crippen MR) is 63.6 cm³/mol. The smallest absolute Gasteiger partial charge is 0.326 e. The topological polar surface area (TPSA) is 130 Å². The van der Waals surface area contributed by atoms with Gasteiger partial charge in [0.1, 0.15) is 17.4 Å². The average molecular weight is 286 g/mol. The van der Waals surface area contributed by atoms with E-state index in [9.17, 15) is 24.1 Å². The first-order chi connectivity index (χ1) is 9.36. The summed E-state index contributed by atoms with van der Waals surface area (Å²) in [4.78, 5) is 32.4. The number of carboxylic acid groups (broad SMARTS) is 1. The fraction of sp³-hybridized carbons (Fsp3) is 0.273. The Kier molecular flexibility index (Phi) is 5.09. The highest BCUT2D eigenvalue weighted by Crippen LogP contribution is 2.19. The molecule has 0 bridgehead atoms. The van der Waals surface area contributed by atoms with Gasteiger partial charge in [-0.25, -0.2) is 9.18 Å². The molecule has 1 atom stereocenters. The van der Waals surface area contributed by atoms with E-state index in [0.29, 0.717) is 6.07 Å². The minimum atomic E-state index is -1.39. The van der Waals surface area contributed by atoms with Gasteiger partial charge in [-0.2, -0.15) is 0 Å². The third-order valence-corrected chi connectivity index (χ3v) is 2.42. The van der Waals surface area contributed by atoms with Crippen LogP contribution in [0, 0.1) is 15.9 Å². The van der Waals surface area contributed by atoms with Crippen LogP contribution in [0.5, 0.6) is 0 Å². The average Bonchev–Trinajstić information content (AvgIpc) is 2.37. The molecule has 1 aromatic rings. The van der Waals surface area contributed by atoms with E-state index >= 15 is 0 Å². The molecule has 1 aromatic carbocycles. The van der Waals surface area contributed by atoms with Gasteiger partial charge in [-0.3, -0.25) is 14.9 Å². The number of amides is 1. The number of benzene rings is 1. The van der Waals surface area contributed by atoms with E-state index in [-0.39, 0.29) is 6.42 Å². The lowest BCUT2D eigenvalue weighted by Crippen LogP contribution is -2.41. The zero-order valence-electron chi connectivity index (χ0n) is 10.1. The predicted octanol–water partition coefficient (Wildman–Crippen LogP) is 0.299. The monoisotopic (exact) mass is 286 g/mol. The van der Waals surface area contributed by atoms with Crippen LogP contribution in [0.3, 0.4) is 0 Å². The molecule has 20 heavy (non-hydrogen) atoms. The molecular formula is C11H11FN2O6. The lowest BCUT2D eigenvalue weighted by molar-refractivity contribution is -0.385. The fourth-order valence-corrected chi connectivity index (χ4v) is 1.47. The van der Waals surface area contributed by atoms with E-state index in [1.54, 1.807) is 0 Å². The summed E-state index contributed by atoms with van der Waals surface area (Å²) in [5.74, 6) is -3.31. The van der Waals surface area contributed by atoms with Crippen LogP contribution in [-0.2, 0) is 4.79 Å². The van der Waals surface area contributed by atoms with Crippen molar-refractivity contribution in [3.8, 4) is 0 Å². The molecule has 108 valence electrons. The normalized spacial score (nSPS) is 11.7. The molecule has 0 aliphatic rings. The summed E-state index contributed by atoms with van der Waals surface area (Å²) in [5.41, 5.74) is -1.23. The number of halogens is 1. The molecule has 8 nitrogen and oxygen atoms in total. The van der Waals surface area contributed by atoms with Gasteiger partial charge < -0.3 is 15.5 Å². The number of carbonyl (C=O) groups excluding carboxylic acids is 1. The third-order valence-electron chi connectivity index (χ3n) is 2.42. The van der Waals surface area contributed by atoms with Crippen LogP contribution >= 0.6 is 0 Å². The van der Waals surface area contributed by atoms with Crippen LogP contribution in [0.2, 0.25) is 0 Å². The van der Waals surface area contributed by atoms with E-state index < -0.39 is 46.5 Å². The van der Waals surface area contributed by atoms with Crippen molar-refractivity contribution >= 4 is 17.6 Å². The molecule has 0 fully saturated rings. The number of aliphatic carboxylic acids is 1. The summed E-state index contributed by atoms with van der Waals surface area (Å²) in [6.45, 7) is -0.483. The molecule has 0 heterocycles. The van der Waals surface area contributed by atoms with Crippen molar-refractivity contribution in [2.24, 2.45) is 0 Å². The molecule has 0 spiro atoms. The number of aliphatic hydroxyl groups is 1. The highest BCUT2D eigenvalue weighted by molar-refractivity contribution is 5.99. The van der Waals surface area contributed by atoms with E-state index in [1.165, 1.54) is 0 Å². The first-order valence-corrected chi connectivity index (χ1v) is 5.45. The van der Waals surface area contributed by atoms with Crippen molar-refractivity contribution in [3.63, 3.8) is 0 Å². The van der Waals surface area contributed by atoms with E-state index in [0.717, 1.165) is 12.1 Å². The first kappa shape index (κ1) is 15.5. The van der Waals surface area contributed by atoms with Crippen molar-refractivity contribution in [2.75, 3.05) is 6.61 Å². The summed E-state index contributed by atoms with van der Waals surface area (Å²) in [6.07, 6.45) is -0.254. The summed E-state index contributed by atoms with van der Waals surface area (Å²) in [5, 5.41) is 30.2. The Bertz CT molecular complexity index is 548. The molecule has 0 saturated carbocycles. The quantitative estimate of drug-likeness (QED) is 0.509. The second-order valence-corrected chi connectivity index (χ2v) is 3.80.